The second-order valence-corrected chi connectivity index (χ2v) is 7.95. The number of likely N-dealkylation sites (N-methyl/N-ethyl adjacent to an activating group) is 1. The van der Waals surface area contributed by atoms with Crippen LogP contribution in [0, 0.1) is 18.7 Å². The third-order valence-electron chi connectivity index (χ3n) is 4.46. The maximum atomic E-state index is 13.1. The lowest BCUT2D eigenvalue weighted by Gasteiger charge is -2.32. The molecule has 0 spiro atoms. The Kier molecular flexibility index (Phi) is 5.83. The SMILES string of the molecule is Cc1cc(F)ccc1NC(=O)CN(C)C[C@@H]1CC(=O)N(C(C)(C)C)C1. The van der Waals surface area contributed by atoms with E-state index < -0.39 is 0 Å². The molecular weight excluding hydrogens is 321 g/mol. The van der Waals surface area contributed by atoms with Gasteiger partial charge in [0.05, 0.1) is 6.54 Å². The molecule has 1 aromatic rings. The number of benzene rings is 1. The van der Waals surface area contributed by atoms with Gasteiger partial charge in [-0.05, 0) is 64.4 Å². The van der Waals surface area contributed by atoms with Crippen molar-refractivity contribution in [3.05, 3.63) is 29.6 Å². The summed E-state index contributed by atoms with van der Waals surface area (Å²) in [5, 5.41) is 2.81. The molecule has 1 aliphatic rings. The van der Waals surface area contributed by atoms with Crippen LogP contribution in [0.3, 0.4) is 0 Å². The summed E-state index contributed by atoms with van der Waals surface area (Å²) in [4.78, 5) is 28.2. The summed E-state index contributed by atoms with van der Waals surface area (Å²) < 4.78 is 13.1. The van der Waals surface area contributed by atoms with Gasteiger partial charge in [0.15, 0.2) is 0 Å². The zero-order valence-electron chi connectivity index (χ0n) is 15.7. The van der Waals surface area contributed by atoms with Crippen molar-refractivity contribution in [2.75, 3.05) is 32.0 Å². The van der Waals surface area contributed by atoms with Crippen molar-refractivity contribution in [2.45, 2.75) is 39.7 Å². The van der Waals surface area contributed by atoms with E-state index in [-0.39, 0.29) is 35.6 Å². The number of nitrogens with zero attached hydrogens (tertiary/aromatic N) is 2. The second kappa shape index (κ2) is 7.52. The lowest BCUT2D eigenvalue weighted by Crippen LogP contribution is -2.43. The first-order valence-corrected chi connectivity index (χ1v) is 8.61. The third kappa shape index (κ3) is 5.26. The Morgan fingerprint density at radius 2 is 2.08 bits per heavy atom. The molecule has 0 saturated carbocycles. The van der Waals surface area contributed by atoms with Crippen molar-refractivity contribution in [3.8, 4) is 0 Å². The molecule has 0 bridgehead atoms. The summed E-state index contributed by atoms with van der Waals surface area (Å²) >= 11 is 0. The first kappa shape index (κ1) is 19.4. The quantitative estimate of drug-likeness (QED) is 0.889. The van der Waals surface area contributed by atoms with Crippen LogP contribution in [-0.4, -0.2) is 53.8 Å². The van der Waals surface area contributed by atoms with Gasteiger partial charge in [0.1, 0.15) is 5.82 Å². The molecule has 1 N–H and O–H groups in total. The summed E-state index contributed by atoms with van der Waals surface area (Å²) in [7, 11) is 1.88. The number of carbonyl (C=O) groups is 2. The molecule has 138 valence electrons. The van der Waals surface area contributed by atoms with Crippen molar-refractivity contribution >= 4 is 17.5 Å². The molecule has 0 aromatic heterocycles. The highest BCUT2D eigenvalue weighted by Crippen LogP contribution is 2.26. The molecular formula is C19H28FN3O2. The van der Waals surface area contributed by atoms with Crippen LogP contribution < -0.4 is 5.32 Å². The standard InChI is InChI=1S/C19H28FN3O2/c1-13-8-15(20)6-7-16(13)21-17(24)12-22(5)10-14-9-18(25)23(11-14)19(2,3)4/h6-8,14H,9-12H2,1-5H3,(H,21,24)/t14-/m0/s1. The highest BCUT2D eigenvalue weighted by Gasteiger charge is 2.36. The first-order valence-electron chi connectivity index (χ1n) is 8.61. The lowest BCUT2D eigenvalue weighted by molar-refractivity contribution is -0.131. The Morgan fingerprint density at radius 3 is 2.64 bits per heavy atom. The molecule has 6 heteroatoms. The molecule has 1 atom stereocenters. The van der Waals surface area contributed by atoms with Gasteiger partial charge >= 0.3 is 0 Å². The van der Waals surface area contributed by atoms with Gasteiger partial charge in [-0.1, -0.05) is 0 Å². The van der Waals surface area contributed by atoms with Crippen LogP contribution in [0.1, 0.15) is 32.8 Å². The van der Waals surface area contributed by atoms with Crippen LogP contribution in [0.15, 0.2) is 18.2 Å². The van der Waals surface area contributed by atoms with E-state index >= 15 is 0 Å². The Bertz CT molecular complexity index is 655. The van der Waals surface area contributed by atoms with E-state index in [1.54, 1.807) is 13.0 Å². The predicted octanol–water partition coefficient (Wildman–Crippen LogP) is 2.65. The number of hydrogen-bond donors (Lipinski definition) is 1. The maximum absolute atomic E-state index is 13.1. The summed E-state index contributed by atoms with van der Waals surface area (Å²) in [5.74, 6) is -0.0505. The van der Waals surface area contributed by atoms with Crippen LogP contribution >= 0.6 is 0 Å². The van der Waals surface area contributed by atoms with Crippen molar-refractivity contribution in [3.63, 3.8) is 0 Å². The van der Waals surface area contributed by atoms with Gasteiger partial charge in [0.2, 0.25) is 11.8 Å². The van der Waals surface area contributed by atoms with Crippen LogP contribution in [0.25, 0.3) is 0 Å². The topological polar surface area (TPSA) is 52.7 Å². The highest BCUT2D eigenvalue weighted by molar-refractivity contribution is 5.92. The average molecular weight is 349 g/mol. The highest BCUT2D eigenvalue weighted by atomic mass is 19.1. The first-order chi connectivity index (χ1) is 11.6. The van der Waals surface area contributed by atoms with E-state index in [1.807, 2.05) is 37.6 Å². The van der Waals surface area contributed by atoms with E-state index in [1.165, 1.54) is 12.1 Å². The molecule has 1 saturated heterocycles. The van der Waals surface area contributed by atoms with E-state index in [9.17, 15) is 14.0 Å². The number of amides is 2. The fourth-order valence-electron chi connectivity index (χ4n) is 3.26. The van der Waals surface area contributed by atoms with Gasteiger partial charge in [-0.3, -0.25) is 14.5 Å². The Labute approximate surface area is 149 Å². The molecule has 0 unspecified atom stereocenters. The lowest BCUT2D eigenvalue weighted by atomic mass is 10.1. The second-order valence-electron chi connectivity index (χ2n) is 7.95. The summed E-state index contributed by atoms with van der Waals surface area (Å²) in [6.07, 6.45) is 0.528. The number of aryl methyl sites for hydroxylation is 1. The number of hydrogen-bond acceptors (Lipinski definition) is 3. The molecule has 5 nitrogen and oxygen atoms in total. The molecule has 1 heterocycles. The fraction of sp³-hybridized carbons (Fsp3) is 0.579. The molecule has 0 radical (unpaired) electrons. The molecule has 2 rings (SSSR count). The van der Waals surface area contributed by atoms with E-state index in [0.717, 1.165) is 6.54 Å². The number of halogens is 1. The molecule has 0 aliphatic carbocycles. The number of carbonyl (C=O) groups excluding carboxylic acids is 2. The van der Waals surface area contributed by atoms with E-state index in [2.05, 4.69) is 5.32 Å². The van der Waals surface area contributed by atoms with Gasteiger partial charge in [-0.15, -0.1) is 0 Å². The number of rotatable bonds is 5. The normalized spacial score (nSPS) is 18.1. The smallest absolute Gasteiger partial charge is 0.238 e. The van der Waals surface area contributed by atoms with E-state index in [4.69, 9.17) is 0 Å². The number of nitrogens with one attached hydrogen (secondary N) is 1. The predicted molar refractivity (Wildman–Crippen MR) is 96.8 cm³/mol. The molecule has 2 amide bonds. The monoisotopic (exact) mass is 349 g/mol. The number of anilines is 1. The summed E-state index contributed by atoms with van der Waals surface area (Å²) in [6.45, 7) is 9.52. The van der Waals surface area contributed by atoms with Crippen molar-refractivity contribution in [1.82, 2.24) is 9.80 Å². The number of likely N-dealkylation sites (tertiary alicyclic amines) is 1. The minimum Gasteiger partial charge on any atom is -0.338 e. The molecule has 25 heavy (non-hydrogen) atoms. The minimum atomic E-state index is -0.318. The van der Waals surface area contributed by atoms with Gasteiger partial charge < -0.3 is 10.2 Å². The molecule has 1 aliphatic heterocycles. The van der Waals surface area contributed by atoms with Crippen LogP contribution in [0.5, 0.6) is 0 Å². The molecule has 1 fully saturated rings. The summed E-state index contributed by atoms with van der Waals surface area (Å²) in [6, 6.07) is 4.29. The zero-order valence-corrected chi connectivity index (χ0v) is 15.7. The van der Waals surface area contributed by atoms with Crippen molar-refractivity contribution in [2.24, 2.45) is 5.92 Å². The average Bonchev–Trinajstić information content (AvgIpc) is 2.82. The summed E-state index contributed by atoms with van der Waals surface area (Å²) in [5.41, 5.74) is 1.15. The minimum absolute atomic E-state index is 0.144. The van der Waals surface area contributed by atoms with Crippen LogP contribution in [-0.2, 0) is 9.59 Å². The molecule has 1 aromatic carbocycles. The Morgan fingerprint density at radius 1 is 1.40 bits per heavy atom. The van der Waals surface area contributed by atoms with Crippen LogP contribution in [0.4, 0.5) is 10.1 Å². The van der Waals surface area contributed by atoms with E-state index in [0.29, 0.717) is 24.2 Å². The van der Waals surface area contributed by atoms with Crippen LogP contribution in [0.2, 0.25) is 0 Å². The van der Waals surface area contributed by atoms with Crippen molar-refractivity contribution < 1.29 is 14.0 Å². The maximum Gasteiger partial charge on any atom is 0.238 e. The Balaban J connectivity index is 1.85. The van der Waals surface area contributed by atoms with Gasteiger partial charge in [-0.2, -0.15) is 0 Å². The van der Waals surface area contributed by atoms with Gasteiger partial charge in [0, 0.05) is 30.7 Å². The largest absolute Gasteiger partial charge is 0.338 e. The van der Waals surface area contributed by atoms with Gasteiger partial charge in [-0.25, -0.2) is 4.39 Å². The fourth-order valence-corrected chi connectivity index (χ4v) is 3.26. The zero-order chi connectivity index (χ0) is 18.8. The Hall–Kier alpha value is -1.95. The van der Waals surface area contributed by atoms with Gasteiger partial charge in [0.25, 0.3) is 0 Å². The third-order valence-corrected chi connectivity index (χ3v) is 4.46. The van der Waals surface area contributed by atoms with Crippen molar-refractivity contribution in [1.29, 1.82) is 0 Å².